The molecule has 20 nitrogen and oxygen atoms in total. The molecule has 0 aromatic heterocycles. The van der Waals surface area contributed by atoms with Crippen LogP contribution in [0.3, 0.4) is 0 Å². The van der Waals surface area contributed by atoms with E-state index in [0.717, 1.165) is 0 Å². The van der Waals surface area contributed by atoms with Crippen molar-refractivity contribution in [3.05, 3.63) is 78.9 Å². The van der Waals surface area contributed by atoms with Gasteiger partial charge in [-0.2, -0.15) is 7.82 Å². The van der Waals surface area contributed by atoms with Gasteiger partial charge in [-0.3, -0.25) is 4.57 Å². The van der Waals surface area contributed by atoms with E-state index in [4.69, 9.17) is 180 Å². The van der Waals surface area contributed by atoms with E-state index in [-0.39, 0.29) is 58.5 Å². The molecule has 0 saturated carbocycles. The van der Waals surface area contributed by atoms with Gasteiger partial charge in [0.2, 0.25) is 0 Å². The molecule has 0 aliphatic carbocycles. The zero-order chi connectivity index (χ0) is 35.7. The van der Waals surface area contributed by atoms with Gasteiger partial charge in [0, 0.05) is 0 Å². The molecule has 0 bridgehead atoms. The van der Waals surface area contributed by atoms with Crippen molar-refractivity contribution in [3.63, 3.8) is 0 Å². The topological polar surface area (TPSA) is 452 Å². The van der Waals surface area contributed by atoms with Crippen molar-refractivity contribution in [1.29, 1.82) is 63.1 Å². The zero-order valence-electron chi connectivity index (χ0n) is 18.0. The number of rotatable bonds is 0. The van der Waals surface area contributed by atoms with Crippen LogP contribution in [0.4, 0.5) is 0 Å². The standard InChI is InChI=1S/12CN.2Fe.2H3O4P.Ti.Zn.Zr/c12*1-2;;;2*1-5(2,3)4;;;/h;;;;;;;;;;;;;;2*(H3,1,2,3,4);;;/q12*-1;;;;;+4;+2;/p-4. The Bertz CT molecular complexity index is 574. The van der Waals surface area contributed by atoms with Crippen LogP contribution >= 0.6 is 15.6 Å². The van der Waals surface area contributed by atoms with Gasteiger partial charge in [-0.1, -0.05) is 0 Å². The second kappa shape index (κ2) is 389. The van der Waals surface area contributed by atoms with Crippen LogP contribution in [0, 0.1) is 142 Å². The normalized spacial score (nSPS) is 3.90. The molecule has 0 fully saturated rings. The van der Waals surface area contributed by atoms with Crippen molar-refractivity contribution in [2.24, 2.45) is 0 Å². The summed E-state index contributed by atoms with van der Waals surface area (Å²) in [4.78, 5) is 48.6. The molecule has 39 heavy (non-hydrogen) atoms. The molecule has 0 aromatic carbocycles. The van der Waals surface area contributed by atoms with E-state index in [0.29, 0.717) is 0 Å². The molecule has 0 amide bonds. The van der Waals surface area contributed by atoms with Crippen molar-refractivity contribution in [2.75, 3.05) is 0 Å². The van der Waals surface area contributed by atoms with Crippen molar-refractivity contribution in [3.8, 4) is 0 Å². The Hall–Kier alpha value is -2.64. The molecule has 0 spiro atoms. The third kappa shape index (κ3) is 5640. The maximum atomic E-state index is 8.77. The molecule has 27 heteroatoms. The molecular weight excluding hydrogens is 818 g/mol. The number of hydrogen-bond donors (Lipinski definition) is 2. The predicted octanol–water partition coefficient (Wildman–Crippen LogP) is -3.24. The Labute approximate surface area is 275 Å². The molecule has 0 aliphatic heterocycles. The first-order valence-corrected chi connectivity index (χ1v) is 15.8. The number of phosphoric acid groups is 2. The first-order valence-electron chi connectivity index (χ1n) is 4.53. The summed E-state index contributed by atoms with van der Waals surface area (Å²) < 4.78 is 17.3. The summed E-state index contributed by atoms with van der Waals surface area (Å²) in [6.07, 6.45) is 0. The summed E-state index contributed by atoms with van der Waals surface area (Å²) >= 11 is 6.82. The molecule has 0 unspecified atom stereocenters. The van der Waals surface area contributed by atoms with Crippen LogP contribution in [0.1, 0.15) is 0 Å². The predicted molar refractivity (Wildman–Crippen MR) is 79.3 cm³/mol. The minimum atomic E-state index is -5.39. The summed E-state index contributed by atoms with van der Waals surface area (Å²) in [6, 6.07) is 0. The summed E-state index contributed by atoms with van der Waals surface area (Å²) in [6.45, 7) is 57.0. The minimum Gasteiger partial charge on any atom is 2.00 e. The van der Waals surface area contributed by atoms with Crippen molar-refractivity contribution >= 4 is 15.6 Å². The second-order valence-electron chi connectivity index (χ2n) is 1.00. The fourth-order valence-corrected chi connectivity index (χ4v) is 0. The van der Waals surface area contributed by atoms with Crippen LogP contribution in [-0.4, -0.2) is 9.79 Å². The Kier molecular flexibility index (Phi) is 1210. The Morgan fingerprint density at radius 3 is 0.462 bits per heavy atom. The van der Waals surface area contributed by atoms with Crippen LogP contribution in [0.5, 0.6) is 0 Å². The first-order chi connectivity index (χ1) is 17.4. The number of hydrogen-bond acceptors (Lipinski definition) is 18. The van der Waals surface area contributed by atoms with Crippen molar-refractivity contribution < 1.29 is 120 Å². The van der Waals surface area contributed by atoms with Gasteiger partial charge in [0.15, 0.2) is 0 Å². The molecular formula is C12H2Fe2N12O8P2TiZnZr-10. The van der Waals surface area contributed by atoms with Gasteiger partial charge in [0.05, 0.1) is 0 Å². The average molecular weight is 820 g/mol. The molecule has 0 radical (unpaired) electrons. The van der Waals surface area contributed by atoms with Crippen LogP contribution in [0.25, 0.3) is 0 Å². The van der Waals surface area contributed by atoms with Gasteiger partial charge in [-0.15, -0.1) is 0 Å². The molecule has 0 aromatic rings. The molecule has 0 saturated heterocycles. The molecule has 0 rings (SSSR count). The molecule has 0 atom stereocenters. The minimum absolute atomic E-state index is 0. The van der Waals surface area contributed by atoms with Crippen LogP contribution in [-0.2, 0) is 91.0 Å². The number of nitrogens with zero attached hydrogens (tertiary/aromatic N) is 12. The molecule has 0 heterocycles. The molecule has 0 aliphatic rings. The van der Waals surface area contributed by atoms with Gasteiger partial charge in [0.25, 0.3) is 7.82 Å². The van der Waals surface area contributed by atoms with Crippen LogP contribution in [0.2, 0.25) is 0 Å². The SMILES string of the molecule is O=P([O-])(O)O.O=P([O-])([O-])[O-].[C-]#N.[C-]#N.[C-]#N.[C-]#N.[C-]#N.[C-]#N.[C-]#N.[C-]#N.[C-]#N.[C-]#N.[C-]#N.[C-]#N.[Fe]=[Zr]=[Fe].[Ti+4].[Zn+2]. The van der Waals surface area contributed by atoms with Gasteiger partial charge in [-0.05, 0) is 0 Å². The van der Waals surface area contributed by atoms with E-state index in [9.17, 15) is 0 Å². The zero-order valence-corrected chi connectivity index (χ0v) is 29.0. The van der Waals surface area contributed by atoms with E-state index < -0.39 is 15.6 Å². The van der Waals surface area contributed by atoms with Crippen molar-refractivity contribution in [2.45, 2.75) is 0 Å². The van der Waals surface area contributed by atoms with Crippen LogP contribution < -0.4 is 19.6 Å². The van der Waals surface area contributed by atoms with Crippen molar-refractivity contribution in [1.82, 2.24) is 0 Å². The van der Waals surface area contributed by atoms with E-state index in [1.165, 1.54) is 0 Å². The summed E-state index contributed by atoms with van der Waals surface area (Å²) in [7, 11) is -10.3. The van der Waals surface area contributed by atoms with E-state index >= 15 is 0 Å². The maximum absolute atomic E-state index is 8.77. The van der Waals surface area contributed by atoms with Gasteiger partial charge in [0.1, 0.15) is 0 Å². The van der Waals surface area contributed by atoms with Gasteiger partial charge >= 0.3 is 81.9 Å². The Morgan fingerprint density at radius 2 is 0.462 bits per heavy atom. The third-order valence-electron chi connectivity index (χ3n) is 0. The Morgan fingerprint density at radius 1 is 0.462 bits per heavy atom. The van der Waals surface area contributed by atoms with Gasteiger partial charge < -0.3 is 176 Å². The third-order valence-corrected chi connectivity index (χ3v) is 0. The molecule has 204 valence electrons. The maximum Gasteiger partial charge on any atom is 4.00 e. The van der Waals surface area contributed by atoms with E-state index in [2.05, 4.69) is 23.4 Å². The second-order valence-corrected chi connectivity index (χ2v) is 9.10. The summed E-state index contributed by atoms with van der Waals surface area (Å²) in [5, 5.41) is 75.0. The Balaban J connectivity index is -0.00000000902. The largest absolute Gasteiger partial charge is 4.00 e. The van der Waals surface area contributed by atoms with E-state index in [1.807, 2.05) is 0 Å². The quantitative estimate of drug-likeness (QED) is 0.138. The fraction of sp³-hybridized carbons (Fsp3) is 0. The van der Waals surface area contributed by atoms with Gasteiger partial charge in [-0.25, -0.2) is 0 Å². The van der Waals surface area contributed by atoms with E-state index in [1.54, 1.807) is 0 Å². The fourth-order valence-electron chi connectivity index (χ4n) is 0. The first kappa shape index (κ1) is 121. The summed E-state index contributed by atoms with van der Waals surface area (Å²) in [5.74, 6) is 0. The average Bonchev–Trinajstić information content (AvgIpc) is 2.96. The monoisotopic (exact) mass is 818 g/mol. The smallest absolute Gasteiger partial charge is 2.00 e. The summed E-state index contributed by atoms with van der Waals surface area (Å²) in [5.41, 5.74) is 0. The molecule has 2 N–H and O–H groups in total. The van der Waals surface area contributed by atoms with Crippen LogP contribution in [0.15, 0.2) is 0 Å².